The summed E-state index contributed by atoms with van der Waals surface area (Å²) >= 11 is 0.343. The van der Waals surface area contributed by atoms with Crippen molar-refractivity contribution < 1.29 is 26.6 Å². The number of rotatable bonds is 2. The van der Waals surface area contributed by atoms with Gasteiger partial charge in [0.1, 0.15) is 0 Å². The van der Waals surface area contributed by atoms with Crippen LogP contribution in [0, 0.1) is 0 Å². The van der Waals surface area contributed by atoms with Gasteiger partial charge in [-0.2, -0.15) is 12.8 Å². The molecule has 0 amide bonds. The summed E-state index contributed by atoms with van der Waals surface area (Å²) in [7, 11) is -5.68. The van der Waals surface area contributed by atoms with E-state index in [1.165, 1.54) is 0 Å². The van der Waals surface area contributed by atoms with E-state index in [2.05, 4.69) is 0 Å². The van der Waals surface area contributed by atoms with Gasteiger partial charge in [0.2, 0.25) is 0 Å². The number of hydrogen-bond acceptors (Lipinski definition) is 3. The van der Waals surface area contributed by atoms with E-state index in [1.807, 2.05) is 0 Å². The fourth-order valence-electron chi connectivity index (χ4n) is 0.104. The van der Waals surface area contributed by atoms with Gasteiger partial charge < -0.3 is 5.11 Å². The molecule has 0 spiro atoms. The lowest BCUT2D eigenvalue weighted by molar-refractivity contribution is -0.140. The molecule has 0 bridgehead atoms. The van der Waals surface area contributed by atoms with Crippen LogP contribution in [0.4, 0.5) is 8.28 Å². The van der Waals surface area contributed by atoms with Crippen LogP contribution >= 0.6 is 22.6 Å². The average Bonchev–Trinajstić information content (AvgIpc) is 1.62. The Morgan fingerprint density at radius 2 is 1.90 bits per heavy atom. The van der Waals surface area contributed by atoms with Gasteiger partial charge in [-0.05, 0) is 22.6 Å². The van der Waals surface area contributed by atoms with Crippen molar-refractivity contribution in [3.05, 3.63) is 0 Å². The van der Waals surface area contributed by atoms with Crippen molar-refractivity contribution in [2.75, 3.05) is 0 Å². The van der Waals surface area contributed by atoms with Crippen LogP contribution in [0.1, 0.15) is 0 Å². The minimum Gasteiger partial charge on any atom is -0.477 e. The fourth-order valence-corrected chi connectivity index (χ4v) is 0.313. The molecule has 0 aromatic heterocycles. The maximum atomic E-state index is 12.1. The zero-order valence-corrected chi connectivity index (χ0v) is 7.19. The maximum absolute atomic E-state index is 12.1. The number of alkyl halides is 2. The van der Waals surface area contributed by atoms with Gasteiger partial charge in [-0.1, -0.05) is 0 Å². The third-order valence-corrected chi connectivity index (χ3v) is 3.38. The molecule has 4 nitrogen and oxygen atoms in total. The molecule has 0 rings (SSSR count). The lowest BCUT2D eigenvalue weighted by Gasteiger charge is -2.05. The van der Waals surface area contributed by atoms with Crippen LogP contribution in [0.25, 0.3) is 0 Å². The SMILES string of the molecule is O=C(O)C(F)(I)S(=O)(=O)F. The van der Waals surface area contributed by atoms with Gasteiger partial charge in [-0.25, -0.2) is 4.79 Å². The molecule has 8 heteroatoms. The van der Waals surface area contributed by atoms with Crippen LogP contribution in [0.2, 0.25) is 0 Å². The zero-order chi connectivity index (χ0) is 8.58. The third-order valence-electron chi connectivity index (χ3n) is 0.555. The molecule has 0 aliphatic heterocycles. The highest BCUT2D eigenvalue weighted by molar-refractivity contribution is 14.1. The van der Waals surface area contributed by atoms with Gasteiger partial charge in [0.15, 0.2) is 0 Å². The first kappa shape index (κ1) is 10.0. The lowest BCUT2D eigenvalue weighted by Crippen LogP contribution is -2.32. The summed E-state index contributed by atoms with van der Waals surface area (Å²) in [5, 5.41) is 7.78. The van der Waals surface area contributed by atoms with Gasteiger partial charge in [-0.3, -0.25) is 0 Å². The van der Waals surface area contributed by atoms with Gasteiger partial charge in [0, 0.05) is 0 Å². The molecule has 0 heterocycles. The van der Waals surface area contributed by atoms with E-state index in [-0.39, 0.29) is 0 Å². The molecule has 0 aromatic rings. The number of carboxylic acids is 1. The number of halogens is 3. The number of aliphatic carboxylic acids is 1. The molecule has 0 fully saturated rings. The Labute approximate surface area is 68.6 Å². The second kappa shape index (κ2) is 2.57. The smallest absolute Gasteiger partial charge is 0.382 e. The van der Waals surface area contributed by atoms with Crippen molar-refractivity contribution >= 4 is 38.8 Å². The summed E-state index contributed by atoms with van der Waals surface area (Å²) in [6, 6.07) is 0. The van der Waals surface area contributed by atoms with Crippen molar-refractivity contribution in [1.82, 2.24) is 0 Å². The molecule has 0 aromatic carbocycles. The summed E-state index contributed by atoms with van der Waals surface area (Å²) < 4.78 is 39.2. The Kier molecular flexibility index (Phi) is 2.57. The fraction of sp³-hybridized carbons (Fsp3) is 0.500. The largest absolute Gasteiger partial charge is 0.477 e. The predicted octanol–water partition coefficient (Wildman–Crippen LogP) is 0.429. The normalized spacial score (nSPS) is 17.9. The quantitative estimate of drug-likeness (QED) is 0.454. The summed E-state index contributed by atoms with van der Waals surface area (Å²) in [6.07, 6.45) is 0. The summed E-state index contributed by atoms with van der Waals surface area (Å²) in [5.74, 6) is -2.38. The van der Waals surface area contributed by atoms with E-state index in [1.54, 1.807) is 0 Å². The van der Waals surface area contributed by atoms with Crippen molar-refractivity contribution in [2.45, 2.75) is 3.01 Å². The summed E-state index contributed by atoms with van der Waals surface area (Å²) in [6.45, 7) is 0. The molecule has 0 saturated heterocycles. The second-order valence-corrected chi connectivity index (χ2v) is 4.92. The Morgan fingerprint density at radius 1 is 1.60 bits per heavy atom. The average molecular weight is 286 g/mol. The Bertz CT molecular complexity index is 244. The first-order chi connectivity index (χ1) is 4.19. The highest BCUT2D eigenvalue weighted by atomic mass is 127. The number of hydrogen-bond donors (Lipinski definition) is 1. The summed E-state index contributed by atoms with van der Waals surface area (Å²) in [5.41, 5.74) is 0. The van der Waals surface area contributed by atoms with Crippen LogP contribution in [-0.4, -0.2) is 22.5 Å². The highest BCUT2D eigenvalue weighted by Crippen LogP contribution is 2.29. The minimum absolute atomic E-state index is 0.343. The molecular weight excluding hydrogens is 285 g/mol. The lowest BCUT2D eigenvalue weighted by atomic mass is 10.8. The second-order valence-electron chi connectivity index (χ2n) is 1.26. The van der Waals surface area contributed by atoms with E-state index < -0.39 is 19.2 Å². The third kappa shape index (κ3) is 1.75. The molecule has 1 atom stereocenters. The zero-order valence-electron chi connectivity index (χ0n) is 4.21. The number of carboxylic acid groups (broad SMARTS) is 1. The van der Waals surface area contributed by atoms with Crippen LogP contribution < -0.4 is 0 Å². The van der Waals surface area contributed by atoms with Gasteiger partial charge in [0.05, 0.1) is 0 Å². The Morgan fingerprint density at radius 3 is 1.90 bits per heavy atom. The highest BCUT2D eigenvalue weighted by Gasteiger charge is 2.50. The van der Waals surface area contributed by atoms with E-state index in [4.69, 9.17) is 5.11 Å². The van der Waals surface area contributed by atoms with Crippen molar-refractivity contribution in [3.8, 4) is 0 Å². The van der Waals surface area contributed by atoms with Gasteiger partial charge in [-0.15, -0.1) is 3.89 Å². The first-order valence-corrected chi connectivity index (χ1v) is 4.21. The molecule has 10 heavy (non-hydrogen) atoms. The topological polar surface area (TPSA) is 71.4 Å². The molecule has 0 aliphatic carbocycles. The van der Waals surface area contributed by atoms with Crippen molar-refractivity contribution in [3.63, 3.8) is 0 Å². The van der Waals surface area contributed by atoms with Crippen molar-refractivity contribution in [1.29, 1.82) is 0 Å². The van der Waals surface area contributed by atoms with Crippen LogP contribution in [0.5, 0.6) is 0 Å². The van der Waals surface area contributed by atoms with Crippen LogP contribution in [0.3, 0.4) is 0 Å². The predicted molar refractivity (Wildman–Crippen MR) is 35.5 cm³/mol. The van der Waals surface area contributed by atoms with Crippen LogP contribution in [0.15, 0.2) is 0 Å². The van der Waals surface area contributed by atoms with Crippen LogP contribution in [-0.2, 0) is 15.0 Å². The Hall–Kier alpha value is 0.01000. The number of carbonyl (C=O) groups is 1. The summed E-state index contributed by atoms with van der Waals surface area (Å²) in [4.78, 5) is 9.67. The molecule has 0 radical (unpaired) electrons. The van der Waals surface area contributed by atoms with E-state index in [9.17, 15) is 21.5 Å². The van der Waals surface area contributed by atoms with Gasteiger partial charge >= 0.3 is 19.2 Å². The molecule has 1 unspecified atom stereocenters. The van der Waals surface area contributed by atoms with E-state index in [0.29, 0.717) is 22.6 Å². The maximum Gasteiger partial charge on any atom is 0.382 e. The molecular formula is C2HF2IO4S. The Balaban J connectivity index is 4.95. The molecule has 0 saturated carbocycles. The molecule has 60 valence electrons. The molecule has 1 N–H and O–H groups in total. The van der Waals surface area contributed by atoms with Gasteiger partial charge in [0.25, 0.3) is 0 Å². The minimum atomic E-state index is -5.68. The van der Waals surface area contributed by atoms with E-state index >= 15 is 0 Å². The van der Waals surface area contributed by atoms with E-state index in [0.717, 1.165) is 0 Å². The van der Waals surface area contributed by atoms with Crippen molar-refractivity contribution in [2.24, 2.45) is 0 Å². The monoisotopic (exact) mass is 286 g/mol. The first-order valence-electron chi connectivity index (χ1n) is 1.75. The standard InChI is InChI=1S/C2HF2IO4S/c3-2(5,1(6)7)10(4,8)9/h(H,6,7). The molecule has 0 aliphatic rings.